The maximum absolute atomic E-state index is 5.99. The van der Waals surface area contributed by atoms with Crippen LogP contribution in [-0.4, -0.2) is 28.9 Å². The summed E-state index contributed by atoms with van der Waals surface area (Å²) in [6.07, 6.45) is 5.14. The van der Waals surface area contributed by atoms with Crippen LogP contribution in [0.3, 0.4) is 0 Å². The first-order valence-electron chi connectivity index (χ1n) is 6.84. The highest BCUT2D eigenvalue weighted by atomic mass is 16.5. The molecule has 2 atom stereocenters. The van der Waals surface area contributed by atoms with Crippen LogP contribution in [0.25, 0.3) is 0 Å². The lowest BCUT2D eigenvalue weighted by atomic mass is 10.0. The molecule has 102 valence electrons. The van der Waals surface area contributed by atoms with Crippen molar-refractivity contribution in [3.8, 4) is 0 Å². The third-order valence-electron chi connectivity index (χ3n) is 3.46. The number of rotatable bonds is 5. The number of ether oxygens (including phenoxy) is 1. The summed E-state index contributed by atoms with van der Waals surface area (Å²) in [6, 6.07) is 0.0734. The van der Waals surface area contributed by atoms with Gasteiger partial charge in [0.1, 0.15) is 0 Å². The minimum absolute atomic E-state index is 0.0734. The predicted octanol–water partition coefficient (Wildman–Crippen LogP) is 1.71. The van der Waals surface area contributed by atoms with Crippen LogP contribution in [0.15, 0.2) is 4.52 Å². The molecule has 1 aromatic rings. The highest BCUT2D eigenvalue weighted by Gasteiger charge is 2.19. The monoisotopic (exact) mass is 253 g/mol. The zero-order valence-electron chi connectivity index (χ0n) is 11.3. The van der Waals surface area contributed by atoms with Gasteiger partial charge in [0.05, 0.1) is 6.10 Å². The van der Waals surface area contributed by atoms with Gasteiger partial charge in [-0.1, -0.05) is 19.0 Å². The molecule has 2 N–H and O–H groups in total. The van der Waals surface area contributed by atoms with E-state index in [1.807, 2.05) is 0 Å². The van der Waals surface area contributed by atoms with E-state index >= 15 is 0 Å². The van der Waals surface area contributed by atoms with Crippen LogP contribution in [0, 0.1) is 5.92 Å². The van der Waals surface area contributed by atoms with Gasteiger partial charge >= 0.3 is 0 Å². The molecule has 18 heavy (non-hydrogen) atoms. The van der Waals surface area contributed by atoms with Crippen LogP contribution >= 0.6 is 0 Å². The Kier molecular flexibility index (Phi) is 4.72. The topological polar surface area (TPSA) is 74.2 Å². The fourth-order valence-corrected chi connectivity index (χ4v) is 2.07. The molecule has 0 aromatic carbocycles. The summed E-state index contributed by atoms with van der Waals surface area (Å²) in [4.78, 5) is 4.39. The highest BCUT2D eigenvalue weighted by molar-refractivity contribution is 4.92. The van der Waals surface area contributed by atoms with Crippen molar-refractivity contribution in [3.05, 3.63) is 11.7 Å². The standard InChI is InChI=1S/C13H23N3O2/c1-9(2)11(14)8-13-15-12(16-18-13)7-10-5-3-4-6-17-10/h9-11H,3-8,14H2,1-2H3. The quantitative estimate of drug-likeness (QED) is 0.864. The molecule has 2 unspecified atom stereocenters. The summed E-state index contributed by atoms with van der Waals surface area (Å²) in [5, 5.41) is 4.00. The minimum atomic E-state index is 0.0734. The third kappa shape index (κ3) is 3.78. The minimum Gasteiger partial charge on any atom is -0.378 e. The molecule has 2 heterocycles. The van der Waals surface area contributed by atoms with Crippen molar-refractivity contribution in [2.45, 2.75) is 58.1 Å². The first-order chi connectivity index (χ1) is 8.65. The average molecular weight is 253 g/mol. The van der Waals surface area contributed by atoms with Gasteiger partial charge in [-0.15, -0.1) is 0 Å². The summed E-state index contributed by atoms with van der Waals surface area (Å²) in [7, 11) is 0. The van der Waals surface area contributed by atoms with Gasteiger partial charge < -0.3 is 15.0 Å². The number of aromatic nitrogens is 2. The molecule has 0 saturated carbocycles. The van der Waals surface area contributed by atoms with E-state index in [2.05, 4.69) is 24.0 Å². The Morgan fingerprint density at radius 2 is 2.22 bits per heavy atom. The number of nitrogens with two attached hydrogens (primary N) is 1. The zero-order chi connectivity index (χ0) is 13.0. The summed E-state index contributed by atoms with van der Waals surface area (Å²) >= 11 is 0. The Morgan fingerprint density at radius 3 is 2.89 bits per heavy atom. The maximum Gasteiger partial charge on any atom is 0.228 e. The van der Waals surface area contributed by atoms with E-state index in [0.717, 1.165) is 31.7 Å². The lowest BCUT2D eigenvalue weighted by Crippen LogP contribution is -2.28. The summed E-state index contributed by atoms with van der Waals surface area (Å²) < 4.78 is 10.9. The van der Waals surface area contributed by atoms with Gasteiger partial charge in [-0.25, -0.2) is 0 Å². The predicted molar refractivity (Wildman–Crippen MR) is 68.1 cm³/mol. The van der Waals surface area contributed by atoms with E-state index in [1.165, 1.54) is 6.42 Å². The molecule has 0 amide bonds. The summed E-state index contributed by atoms with van der Waals surface area (Å²) in [5.41, 5.74) is 5.99. The lowest BCUT2D eigenvalue weighted by Gasteiger charge is -2.20. The van der Waals surface area contributed by atoms with Crippen molar-refractivity contribution in [2.75, 3.05) is 6.61 Å². The Balaban J connectivity index is 1.85. The van der Waals surface area contributed by atoms with Crippen LogP contribution in [0.5, 0.6) is 0 Å². The van der Waals surface area contributed by atoms with Crippen molar-refractivity contribution < 1.29 is 9.26 Å². The molecule has 1 aliphatic rings. The van der Waals surface area contributed by atoms with Crippen LogP contribution in [-0.2, 0) is 17.6 Å². The highest BCUT2D eigenvalue weighted by Crippen LogP contribution is 2.16. The normalized spacial score (nSPS) is 22.3. The van der Waals surface area contributed by atoms with Crippen molar-refractivity contribution in [3.63, 3.8) is 0 Å². The molecule has 0 spiro atoms. The molecule has 1 fully saturated rings. The summed E-state index contributed by atoms with van der Waals surface area (Å²) in [5.74, 6) is 1.80. The first kappa shape index (κ1) is 13.5. The second-order valence-corrected chi connectivity index (χ2v) is 5.41. The first-order valence-corrected chi connectivity index (χ1v) is 6.84. The van der Waals surface area contributed by atoms with Crippen molar-refractivity contribution in [2.24, 2.45) is 11.7 Å². The van der Waals surface area contributed by atoms with Gasteiger partial charge in [0.25, 0.3) is 0 Å². The summed E-state index contributed by atoms with van der Waals surface area (Å²) in [6.45, 7) is 5.04. The van der Waals surface area contributed by atoms with E-state index in [1.54, 1.807) is 0 Å². The Bertz CT molecular complexity index is 359. The van der Waals surface area contributed by atoms with Crippen LogP contribution in [0.4, 0.5) is 0 Å². The van der Waals surface area contributed by atoms with E-state index in [4.69, 9.17) is 15.0 Å². The molecule has 1 aliphatic heterocycles. The van der Waals surface area contributed by atoms with Gasteiger partial charge in [-0.2, -0.15) is 4.98 Å². The molecule has 0 bridgehead atoms. The molecule has 5 heteroatoms. The van der Waals surface area contributed by atoms with Gasteiger partial charge in [0.15, 0.2) is 5.82 Å². The van der Waals surface area contributed by atoms with Crippen molar-refractivity contribution in [1.29, 1.82) is 0 Å². The fourth-order valence-electron chi connectivity index (χ4n) is 2.07. The van der Waals surface area contributed by atoms with Crippen LogP contribution in [0.2, 0.25) is 0 Å². The second-order valence-electron chi connectivity index (χ2n) is 5.41. The Labute approximate surface area is 108 Å². The second kappa shape index (κ2) is 6.29. The Morgan fingerprint density at radius 1 is 1.39 bits per heavy atom. The van der Waals surface area contributed by atoms with Gasteiger partial charge in [-0.3, -0.25) is 0 Å². The van der Waals surface area contributed by atoms with E-state index in [-0.39, 0.29) is 12.1 Å². The lowest BCUT2D eigenvalue weighted by molar-refractivity contribution is 0.0153. The van der Waals surface area contributed by atoms with E-state index < -0.39 is 0 Å². The van der Waals surface area contributed by atoms with Crippen LogP contribution in [0.1, 0.15) is 44.8 Å². The molecule has 0 aliphatic carbocycles. The maximum atomic E-state index is 5.99. The van der Waals surface area contributed by atoms with Gasteiger partial charge in [0, 0.05) is 25.5 Å². The molecule has 2 rings (SSSR count). The van der Waals surface area contributed by atoms with E-state index in [0.29, 0.717) is 18.2 Å². The van der Waals surface area contributed by atoms with Crippen molar-refractivity contribution >= 4 is 0 Å². The molecule has 5 nitrogen and oxygen atoms in total. The SMILES string of the molecule is CC(C)C(N)Cc1nc(CC2CCCCO2)no1. The van der Waals surface area contributed by atoms with Gasteiger partial charge in [-0.05, 0) is 25.2 Å². The average Bonchev–Trinajstić information content (AvgIpc) is 2.77. The van der Waals surface area contributed by atoms with E-state index in [9.17, 15) is 0 Å². The smallest absolute Gasteiger partial charge is 0.228 e. The zero-order valence-corrected chi connectivity index (χ0v) is 11.3. The molecular weight excluding hydrogens is 230 g/mol. The molecule has 0 radical (unpaired) electrons. The fraction of sp³-hybridized carbons (Fsp3) is 0.846. The molecule has 1 aromatic heterocycles. The molecule has 1 saturated heterocycles. The third-order valence-corrected chi connectivity index (χ3v) is 3.46. The van der Waals surface area contributed by atoms with Crippen molar-refractivity contribution in [1.82, 2.24) is 10.1 Å². The number of hydrogen-bond donors (Lipinski definition) is 1. The number of nitrogens with zero attached hydrogens (tertiary/aromatic N) is 2. The van der Waals surface area contributed by atoms with Crippen LogP contribution < -0.4 is 5.73 Å². The molecular formula is C13H23N3O2. The largest absolute Gasteiger partial charge is 0.378 e. The number of hydrogen-bond acceptors (Lipinski definition) is 5. The Hall–Kier alpha value is -0.940. The van der Waals surface area contributed by atoms with Gasteiger partial charge in [0.2, 0.25) is 5.89 Å².